The molecule has 0 fully saturated rings. The molecular weight excluding hydrogens is 257 g/mol. The van der Waals surface area contributed by atoms with Crippen molar-refractivity contribution < 1.29 is 4.74 Å². The summed E-state index contributed by atoms with van der Waals surface area (Å²) in [5, 5.41) is 1.16. The molecule has 2 rings (SSSR count). The predicted octanol–water partition coefficient (Wildman–Crippen LogP) is 4.15. The molecule has 2 aromatic carbocycles. The molecule has 0 saturated heterocycles. The molecule has 88 valence electrons. The molecule has 0 aliphatic carbocycles. The van der Waals surface area contributed by atoms with Gasteiger partial charge in [0, 0.05) is 16.3 Å². The average molecular weight is 268 g/mol. The number of ether oxygens (including phenoxy) is 1. The van der Waals surface area contributed by atoms with Crippen LogP contribution in [0.4, 0.5) is 5.69 Å². The van der Waals surface area contributed by atoms with Gasteiger partial charge in [0.2, 0.25) is 0 Å². The van der Waals surface area contributed by atoms with Gasteiger partial charge in [0.05, 0.1) is 5.02 Å². The summed E-state index contributed by atoms with van der Waals surface area (Å²) in [7, 11) is 0. The summed E-state index contributed by atoms with van der Waals surface area (Å²) < 4.78 is 5.59. The number of anilines is 1. The molecule has 0 aliphatic rings. The monoisotopic (exact) mass is 267 g/mol. The van der Waals surface area contributed by atoms with Crippen molar-refractivity contribution >= 4 is 28.9 Å². The van der Waals surface area contributed by atoms with Crippen LogP contribution in [0.25, 0.3) is 0 Å². The minimum absolute atomic E-state index is 0.301. The van der Waals surface area contributed by atoms with Gasteiger partial charge < -0.3 is 10.5 Å². The minimum Gasteiger partial charge on any atom is -0.487 e. The predicted molar refractivity (Wildman–Crippen MR) is 71.6 cm³/mol. The first-order valence-corrected chi connectivity index (χ1v) is 5.84. The standard InChI is InChI=1S/C13H11Cl2NO/c14-10-5-3-6-12(16)9(10)8-17-13-7-2-1-4-11(13)15/h1-7H,8,16H2. The van der Waals surface area contributed by atoms with Crippen LogP contribution in [0.2, 0.25) is 10.0 Å². The number of halogens is 2. The fourth-order valence-electron chi connectivity index (χ4n) is 1.44. The smallest absolute Gasteiger partial charge is 0.138 e. The van der Waals surface area contributed by atoms with E-state index >= 15 is 0 Å². The molecule has 0 heterocycles. The molecule has 0 bridgehead atoms. The number of hydrogen-bond donors (Lipinski definition) is 1. The third-order valence-electron chi connectivity index (χ3n) is 2.36. The molecule has 0 atom stereocenters. The fraction of sp³-hybridized carbons (Fsp3) is 0.0769. The normalized spacial score (nSPS) is 10.2. The van der Waals surface area contributed by atoms with Gasteiger partial charge in [-0.05, 0) is 24.3 Å². The molecule has 0 unspecified atom stereocenters. The minimum atomic E-state index is 0.301. The second kappa shape index (κ2) is 5.30. The number of nitrogens with two attached hydrogens (primary N) is 1. The molecule has 0 aliphatic heterocycles. The topological polar surface area (TPSA) is 35.2 Å². The van der Waals surface area contributed by atoms with E-state index in [1.54, 1.807) is 30.3 Å². The zero-order chi connectivity index (χ0) is 12.3. The molecule has 2 nitrogen and oxygen atoms in total. The summed E-state index contributed by atoms with van der Waals surface area (Å²) in [4.78, 5) is 0. The van der Waals surface area contributed by atoms with E-state index < -0.39 is 0 Å². The van der Waals surface area contributed by atoms with Gasteiger partial charge in [0.1, 0.15) is 12.4 Å². The number of rotatable bonds is 3. The Kier molecular flexibility index (Phi) is 3.77. The van der Waals surface area contributed by atoms with Gasteiger partial charge in [0.25, 0.3) is 0 Å². The van der Waals surface area contributed by atoms with Crippen molar-refractivity contribution in [3.05, 3.63) is 58.1 Å². The number of nitrogen functional groups attached to an aromatic ring is 1. The first kappa shape index (κ1) is 12.1. The summed E-state index contributed by atoms with van der Waals surface area (Å²) in [6, 6.07) is 12.6. The molecule has 0 amide bonds. The zero-order valence-corrected chi connectivity index (χ0v) is 10.5. The maximum absolute atomic E-state index is 6.04. The molecule has 2 aromatic rings. The first-order valence-electron chi connectivity index (χ1n) is 5.08. The first-order chi connectivity index (χ1) is 8.18. The lowest BCUT2D eigenvalue weighted by molar-refractivity contribution is 0.307. The Bertz CT molecular complexity index is 508. The van der Waals surface area contributed by atoms with Gasteiger partial charge in [-0.15, -0.1) is 0 Å². The van der Waals surface area contributed by atoms with Crippen LogP contribution >= 0.6 is 23.2 Å². The van der Waals surface area contributed by atoms with E-state index in [4.69, 9.17) is 33.7 Å². The van der Waals surface area contributed by atoms with Crippen LogP contribution in [-0.2, 0) is 6.61 Å². The largest absolute Gasteiger partial charge is 0.487 e. The summed E-state index contributed by atoms with van der Waals surface area (Å²) in [5.74, 6) is 0.619. The van der Waals surface area contributed by atoms with E-state index in [0.717, 1.165) is 5.56 Å². The van der Waals surface area contributed by atoms with Gasteiger partial charge >= 0.3 is 0 Å². The highest BCUT2D eigenvalue weighted by Gasteiger charge is 2.06. The molecule has 0 spiro atoms. The summed E-state index contributed by atoms with van der Waals surface area (Å²) >= 11 is 12.0. The Hall–Kier alpha value is -1.38. The van der Waals surface area contributed by atoms with E-state index in [2.05, 4.69) is 0 Å². The Morgan fingerprint density at radius 3 is 2.35 bits per heavy atom. The van der Waals surface area contributed by atoms with Crippen molar-refractivity contribution in [1.29, 1.82) is 0 Å². The van der Waals surface area contributed by atoms with Crippen LogP contribution in [0, 0.1) is 0 Å². The molecule has 0 saturated carbocycles. The van der Waals surface area contributed by atoms with Crippen LogP contribution < -0.4 is 10.5 Å². The highest BCUT2D eigenvalue weighted by Crippen LogP contribution is 2.27. The molecule has 0 aromatic heterocycles. The van der Waals surface area contributed by atoms with Crippen molar-refractivity contribution in [2.45, 2.75) is 6.61 Å². The summed E-state index contributed by atoms with van der Waals surface area (Å²) in [6.45, 7) is 0.301. The van der Waals surface area contributed by atoms with E-state index in [1.807, 2.05) is 12.1 Å². The molecule has 17 heavy (non-hydrogen) atoms. The quantitative estimate of drug-likeness (QED) is 0.848. The van der Waals surface area contributed by atoms with Crippen molar-refractivity contribution in [3.63, 3.8) is 0 Å². The van der Waals surface area contributed by atoms with Gasteiger partial charge in [0.15, 0.2) is 0 Å². The van der Waals surface area contributed by atoms with Gasteiger partial charge in [-0.1, -0.05) is 41.4 Å². The third kappa shape index (κ3) is 2.84. The maximum Gasteiger partial charge on any atom is 0.138 e. The van der Waals surface area contributed by atoms with Crippen LogP contribution in [-0.4, -0.2) is 0 Å². The van der Waals surface area contributed by atoms with Crippen LogP contribution in [0.5, 0.6) is 5.75 Å². The van der Waals surface area contributed by atoms with Gasteiger partial charge in [-0.2, -0.15) is 0 Å². The van der Waals surface area contributed by atoms with Gasteiger partial charge in [-0.3, -0.25) is 0 Å². The zero-order valence-electron chi connectivity index (χ0n) is 8.99. The van der Waals surface area contributed by atoms with E-state index in [-0.39, 0.29) is 0 Å². The lowest BCUT2D eigenvalue weighted by atomic mass is 10.2. The molecule has 2 N–H and O–H groups in total. The Balaban J connectivity index is 2.16. The van der Waals surface area contributed by atoms with Gasteiger partial charge in [-0.25, -0.2) is 0 Å². The second-order valence-corrected chi connectivity index (χ2v) is 4.34. The summed E-state index contributed by atoms with van der Waals surface area (Å²) in [5.41, 5.74) is 7.21. The molecular formula is C13H11Cl2NO. The molecule has 0 radical (unpaired) electrons. The highest BCUT2D eigenvalue weighted by molar-refractivity contribution is 6.32. The summed E-state index contributed by atoms with van der Waals surface area (Å²) in [6.07, 6.45) is 0. The van der Waals surface area contributed by atoms with Crippen molar-refractivity contribution in [1.82, 2.24) is 0 Å². The van der Waals surface area contributed by atoms with Crippen molar-refractivity contribution in [2.75, 3.05) is 5.73 Å². The number of hydrogen-bond acceptors (Lipinski definition) is 2. The Morgan fingerprint density at radius 2 is 1.65 bits per heavy atom. The van der Waals surface area contributed by atoms with E-state index in [1.165, 1.54) is 0 Å². The SMILES string of the molecule is Nc1cccc(Cl)c1COc1ccccc1Cl. The Labute approximate surface area is 110 Å². The van der Waals surface area contributed by atoms with Crippen LogP contribution in [0.1, 0.15) is 5.56 Å². The molecule has 4 heteroatoms. The number of benzene rings is 2. The van der Waals surface area contributed by atoms with Crippen LogP contribution in [0.15, 0.2) is 42.5 Å². The van der Waals surface area contributed by atoms with Crippen molar-refractivity contribution in [2.24, 2.45) is 0 Å². The maximum atomic E-state index is 6.04. The van der Waals surface area contributed by atoms with Crippen molar-refractivity contribution in [3.8, 4) is 5.75 Å². The second-order valence-electron chi connectivity index (χ2n) is 3.53. The highest BCUT2D eigenvalue weighted by atomic mass is 35.5. The fourth-order valence-corrected chi connectivity index (χ4v) is 1.87. The van der Waals surface area contributed by atoms with E-state index in [0.29, 0.717) is 28.1 Å². The number of para-hydroxylation sites is 1. The average Bonchev–Trinajstić information content (AvgIpc) is 2.30. The van der Waals surface area contributed by atoms with E-state index in [9.17, 15) is 0 Å². The Morgan fingerprint density at radius 1 is 0.941 bits per heavy atom. The van der Waals surface area contributed by atoms with Crippen LogP contribution in [0.3, 0.4) is 0 Å². The third-order valence-corrected chi connectivity index (χ3v) is 3.03. The lowest BCUT2D eigenvalue weighted by Gasteiger charge is -2.11. The lowest BCUT2D eigenvalue weighted by Crippen LogP contribution is -2.01.